The molecule has 30 heavy (non-hydrogen) atoms. The minimum absolute atomic E-state index is 0.130. The first-order valence-electron chi connectivity index (χ1n) is 8.62. The SMILES string of the molecule is COc1cc(C=NN=C(N)SCc2ccccc2)ccc1Oc1nc(Cl)ncc1F. The minimum atomic E-state index is -0.745. The summed E-state index contributed by atoms with van der Waals surface area (Å²) in [6.07, 6.45) is 2.45. The molecule has 0 unspecified atom stereocenters. The molecule has 0 aliphatic rings. The third-order valence-electron chi connectivity index (χ3n) is 3.67. The number of ether oxygens (including phenoxy) is 2. The molecule has 10 heteroatoms. The number of nitrogens with two attached hydrogens (primary N) is 1. The van der Waals surface area contributed by atoms with Gasteiger partial charge in [-0.25, -0.2) is 4.98 Å². The summed E-state index contributed by atoms with van der Waals surface area (Å²) >= 11 is 7.07. The van der Waals surface area contributed by atoms with Crippen LogP contribution in [0, 0.1) is 5.82 Å². The first kappa shape index (κ1) is 21.5. The Hall–Kier alpha value is -3.17. The van der Waals surface area contributed by atoms with Crippen LogP contribution in [-0.2, 0) is 5.75 Å². The van der Waals surface area contributed by atoms with Crippen LogP contribution in [0.2, 0.25) is 5.28 Å². The number of methoxy groups -OCH3 is 1. The van der Waals surface area contributed by atoms with Crippen molar-refractivity contribution in [2.45, 2.75) is 5.75 Å². The van der Waals surface area contributed by atoms with Crippen LogP contribution in [-0.4, -0.2) is 28.5 Å². The zero-order chi connectivity index (χ0) is 21.3. The van der Waals surface area contributed by atoms with E-state index in [1.165, 1.54) is 25.1 Å². The third-order valence-corrected chi connectivity index (χ3v) is 4.71. The summed E-state index contributed by atoms with van der Waals surface area (Å²) in [6.45, 7) is 0. The zero-order valence-corrected chi connectivity index (χ0v) is 17.4. The van der Waals surface area contributed by atoms with Gasteiger partial charge in [-0.05, 0) is 40.9 Å². The van der Waals surface area contributed by atoms with Crippen molar-refractivity contribution in [2.24, 2.45) is 15.9 Å². The normalized spacial score (nSPS) is 11.6. The molecular formula is C20H17ClFN5O2S. The Kier molecular flexibility index (Phi) is 7.58. The lowest BCUT2D eigenvalue weighted by atomic mass is 10.2. The molecule has 0 radical (unpaired) electrons. The van der Waals surface area contributed by atoms with Gasteiger partial charge in [-0.2, -0.15) is 14.5 Å². The maximum atomic E-state index is 13.8. The van der Waals surface area contributed by atoms with Crippen molar-refractivity contribution in [3.8, 4) is 17.4 Å². The number of nitrogens with zero attached hydrogens (tertiary/aromatic N) is 4. The van der Waals surface area contributed by atoms with Gasteiger partial charge in [-0.1, -0.05) is 42.1 Å². The highest BCUT2D eigenvalue weighted by molar-refractivity contribution is 8.13. The van der Waals surface area contributed by atoms with Crippen LogP contribution >= 0.6 is 23.4 Å². The van der Waals surface area contributed by atoms with Gasteiger partial charge in [0.1, 0.15) is 0 Å². The summed E-state index contributed by atoms with van der Waals surface area (Å²) in [7, 11) is 1.46. The van der Waals surface area contributed by atoms with Crippen LogP contribution in [0.15, 0.2) is 64.9 Å². The standard InChI is InChI=1S/C20H17ClFN5O2S/c1-28-17-9-14(7-8-16(17)29-18-15(22)11-24-19(21)26-18)10-25-27-20(23)30-12-13-5-3-2-4-6-13/h2-11H,12H2,1H3,(H2,23,27). The van der Waals surface area contributed by atoms with E-state index in [0.29, 0.717) is 22.2 Å². The Morgan fingerprint density at radius 3 is 2.80 bits per heavy atom. The quantitative estimate of drug-likeness (QED) is 0.246. The van der Waals surface area contributed by atoms with Gasteiger partial charge in [0.15, 0.2) is 16.7 Å². The molecule has 1 heterocycles. The average molecular weight is 446 g/mol. The van der Waals surface area contributed by atoms with Gasteiger partial charge in [-0.15, -0.1) is 5.10 Å². The monoisotopic (exact) mass is 445 g/mol. The molecule has 7 nitrogen and oxygen atoms in total. The summed E-state index contributed by atoms with van der Waals surface area (Å²) in [6, 6.07) is 14.9. The molecule has 0 atom stereocenters. The lowest BCUT2D eigenvalue weighted by Crippen LogP contribution is -2.06. The van der Waals surface area contributed by atoms with E-state index in [9.17, 15) is 4.39 Å². The van der Waals surface area contributed by atoms with E-state index in [2.05, 4.69) is 20.2 Å². The second kappa shape index (κ2) is 10.6. The molecule has 1 aromatic heterocycles. The maximum absolute atomic E-state index is 13.8. The van der Waals surface area contributed by atoms with Gasteiger partial charge in [0.2, 0.25) is 11.1 Å². The lowest BCUT2D eigenvalue weighted by Gasteiger charge is -2.10. The van der Waals surface area contributed by atoms with Crippen molar-refractivity contribution < 1.29 is 13.9 Å². The number of thioether (sulfide) groups is 1. The molecule has 0 spiro atoms. The van der Waals surface area contributed by atoms with Crippen molar-refractivity contribution >= 4 is 34.7 Å². The lowest BCUT2D eigenvalue weighted by molar-refractivity contribution is 0.363. The molecule has 3 aromatic rings. The summed E-state index contributed by atoms with van der Waals surface area (Å²) in [4.78, 5) is 7.26. The first-order chi connectivity index (χ1) is 14.5. The predicted octanol–water partition coefficient (Wildman–Crippen LogP) is 4.65. The molecule has 0 amide bonds. The molecule has 0 fully saturated rings. The van der Waals surface area contributed by atoms with E-state index in [-0.39, 0.29) is 16.9 Å². The second-order valence-electron chi connectivity index (χ2n) is 5.76. The highest BCUT2D eigenvalue weighted by Crippen LogP contribution is 2.32. The summed E-state index contributed by atoms with van der Waals surface area (Å²) < 4.78 is 24.5. The van der Waals surface area contributed by atoms with Gasteiger partial charge < -0.3 is 15.2 Å². The summed E-state index contributed by atoms with van der Waals surface area (Å²) in [5.74, 6) is 0.260. The topological polar surface area (TPSA) is 95.0 Å². The number of rotatable bonds is 7. The van der Waals surface area contributed by atoms with Crippen LogP contribution in [0.1, 0.15) is 11.1 Å². The van der Waals surface area contributed by atoms with E-state index in [0.717, 1.165) is 11.8 Å². The van der Waals surface area contributed by atoms with E-state index in [1.54, 1.807) is 18.2 Å². The minimum Gasteiger partial charge on any atom is -0.493 e. The molecule has 154 valence electrons. The number of benzene rings is 2. The Morgan fingerprint density at radius 1 is 1.23 bits per heavy atom. The van der Waals surface area contributed by atoms with Crippen LogP contribution in [0.4, 0.5) is 4.39 Å². The number of amidine groups is 1. The molecule has 2 aromatic carbocycles. The maximum Gasteiger partial charge on any atom is 0.260 e. The fourth-order valence-electron chi connectivity index (χ4n) is 2.27. The molecule has 0 saturated heterocycles. The molecule has 0 aliphatic heterocycles. The Balaban J connectivity index is 1.66. The largest absolute Gasteiger partial charge is 0.493 e. The predicted molar refractivity (Wildman–Crippen MR) is 117 cm³/mol. The molecule has 0 bridgehead atoms. The van der Waals surface area contributed by atoms with Crippen LogP contribution in [0.3, 0.4) is 0 Å². The van der Waals surface area contributed by atoms with Crippen molar-refractivity contribution in [1.82, 2.24) is 9.97 Å². The molecule has 2 N–H and O–H groups in total. The third kappa shape index (κ3) is 6.16. The number of hydrogen-bond acceptors (Lipinski definition) is 7. The van der Waals surface area contributed by atoms with Crippen molar-refractivity contribution in [2.75, 3.05) is 7.11 Å². The van der Waals surface area contributed by atoms with Crippen molar-refractivity contribution in [3.05, 3.63) is 77.0 Å². The Morgan fingerprint density at radius 2 is 2.03 bits per heavy atom. The van der Waals surface area contributed by atoms with Gasteiger partial charge >= 0.3 is 0 Å². The van der Waals surface area contributed by atoms with E-state index in [1.807, 2.05) is 30.3 Å². The van der Waals surface area contributed by atoms with Crippen LogP contribution < -0.4 is 15.2 Å². The summed E-state index contributed by atoms with van der Waals surface area (Å²) in [5.41, 5.74) is 7.70. The van der Waals surface area contributed by atoms with Crippen LogP contribution in [0.25, 0.3) is 0 Å². The van der Waals surface area contributed by atoms with E-state index >= 15 is 0 Å². The molecule has 3 rings (SSSR count). The smallest absolute Gasteiger partial charge is 0.260 e. The van der Waals surface area contributed by atoms with Crippen molar-refractivity contribution in [1.29, 1.82) is 0 Å². The molecule has 0 aliphatic carbocycles. The van der Waals surface area contributed by atoms with Crippen LogP contribution in [0.5, 0.6) is 17.4 Å². The van der Waals surface area contributed by atoms with Gasteiger partial charge in [0, 0.05) is 5.75 Å². The van der Waals surface area contributed by atoms with Gasteiger partial charge in [-0.3, -0.25) is 0 Å². The summed E-state index contributed by atoms with van der Waals surface area (Å²) in [5, 5.41) is 8.18. The van der Waals surface area contributed by atoms with E-state index in [4.69, 9.17) is 26.8 Å². The Labute approximate surface area is 181 Å². The Bertz CT molecular complexity index is 1070. The second-order valence-corrected chi connectivity index (χ2v) is 7.10. The highest BCUT2D eigenvalue weighted by atomic mass is 35.5. The average Bonchev–Trinajstić information content (AvgIpc) is 2.76. The van der Waals surface area contributed by atoms with Gasteiger partial charge in [0.05, 0.1) is 19.5 Å². The zero-order valence-electron chi connectivity index (χ0n) is 15.8. The number of halogens is 2. The molecule has 0 saturated carbocycles. The van der Waals surface area contributed by atoms with Crippen molar-refractivity contribution in [3.63, 3.8) is 0 Å². The highest BCUT2D eigenvalue weighted by Gasteiger charge is 2.12. The fourth-order valence-corrected chi connectivity index (χ4v) is 3.01. The first-order valence-corrected chi connectivity index (χ1v) is 9.98. The molecular weight excluding hydrogens is 429 g/mol. The number of hydrogen-bond donors (Lipinski definition) is 1. The fraction of sp³-hybridized carbons (Fsp3) is 0.100. The number of aromatic nitrogens is 2. The van der Waals surface area contributed by atoms with Gasteiger partial charge in [0.25, 0.3) is 5.88 Å². The van der Waals surface area contributed by atoms with E-state index < -0.39 is 5.82 Å².